The second-order valence-corrected chi connectivity index (χ2v) is 5.47. The number of aliphatic carboxylic acids is 1. The van der Waals surface area contributed by atoms with Crippen LogP contribution < -0.4 is 5.32 Å². The number of carboxylic acids is 1. The number of nitrogens with one attached hydrogen (secondary N) is 1. The average molecular weight is 288 g/mol. The van der Waals surface area contributed by atoms with Crippen molar-refractivity contribution in [2.24, 2.45) is 0 Å². The minimum atomic E-state index is -0.935. The molecule has 1 saturated heterocycles. The van der Waals surface area contributed by atoms with Crippen molar-refractivity contribution >= 4 is 17.8 Å². The van der Waals surface area contributed by atoms with Gasteiger partial charge in [0, 0.05) is 19.5 Å². The fraction of sp³-hybridized carbons (Fsp3) is 0.400. The fourth-order valence-electron chi connectivity index (χ4n) is 3.01. The Bertz CT molecular complexity index is 613. The molecule has 1 aromatic carbocycles. The average Bonchev–Trinajstić information content (AvgIpc) is 2.91. The van der Waals surface area contributed by atoms with Gasteiger partial charge in [0.25, 0.3) is 0 Å². The van der Waals surface area contributed by atoms with E-state index in [1.807, 2.05) is 18.2 Å². The first-order valence-corrected chi connectivity index (χ1v) is 6.95. The van der Waals surface area contributed by atoms with Crippen LogP contribution in [0.15, 0.2) is 24.3 Å². The van der Waals surface area contributed by atoms with Crippen LogP contribution in [0.25, 0.3) is 0 Å². The van der Waals surface area contributed by atoms with Gasteiger partial charge in [-0.25, -0.2) is 0 Å². The second-order valence-electron chi connectivity index (χ2n) is 5.47. The summed E-state index contributed by atoms with van der Waals surface area (Å²) in [6.45, 7) is 0.544. The molecule has 0 bridgehead atoms. The van der Waals surface area contributed by atoms with E-state index in [0.717, 1.165) is 11.1 Å². The Morgan fingerprint density at radius 3 is 2.71 bits per heavy atom. The number of amides is 2. The molecule has 21 heavy (non-hydrogen) atoms. The molecule has 0 saturated carbocycles. The summed E-state index contributed by atoms with van der Waals surface area (Å²) in [6.07, 6.45) is 0.830. The van der Waals surface area contributed by atoms with E-state index in [9.17, 15) is 19.5 Å². The topological polar surface area (TPSA) is 86.7 Å². The summed E-state index contributed by atoms with van der Waals surface area (Å²) in [5, 5.41) is 12.0. The van der Waals surface area contributed by atoms with Gasteiger partial charge in [-0.1, -0.05) is 24.3 Å². The SMILES string of the molecule is O=C1CC[C@H](C(=O)N2Cc3ccccc3C(C(=O)O)C2)N1. The quantitative estimate of drug-likeness (QED) is 0.828. The lowest BCUT2D eigenvalue weighted by atomic mass is 9.89. The lowest BCUT2D eigenvalue weighted by Crippen LogP contribution is -2.48. The van der Waals surface area contributed by atoms with Crippen LogP contribution in [0.1, 0.15) is 29.9 Å². The number of rotatable bonds is 2. The van der Waals surface area contributed by atoms with E-state index >= 15 is 0 Å². The van der Waals surface area contributed by atoms with E-state index in [0.29, 0.717) is 19.4 Å². The van der Waals surface area contributed by atoms with Gasteiger partial charge in [-0.2, -0.15) is 0 Å². The van der Waals surface area contributed by atoms with Gasteiger partial charge in [0.15, 0.2) is 0 Å². The third-order valence-corrected chi connectivity index (χ3v) is 4.10. The first-order chi connectivity index (χ1) is 10.1. The van der Waals surface area contributed by atoms with E-state index in [-0.39, 0.29) is 18.4 Å². The zero-order chi connectivity index (χ0) is 15.0. The molecule has 1 fully saturated rings. The molecular weight excluding hydrogens is 272 g/mol. The third-order valence-electron chi connectivity index (χ3n) is 4.10. The van der Waals surface area contributed by atoms with Crippen molar-refractivity contribution in [1.29, 1.82) is 0 Å². The van der Waals surface area contributed by atoms with Crippen molar-refractivity contribution in [3.63, 3.8) is 0 Å². The predicted octanol–water partition coefficient (Wildman–Crippen LogP) is 0.476. The number of nitrogens with zero attached hydrogens (tertiary/aromatic N) is 1. The number of carboxylic acid groups (broad SMARTS) is 1. The Morgan fingerprint density at radius 2 is 2.05 bits per heavy atom. The Kier molecular flexibility index (Phi) is 3.37. The number of carbonyl (C=O) groups is 3. The van der Waals surface area contributed by atoms with Crippen LogP contribution in [0, 0.1) is 0 Å². The summed E-state index contributed by atoms with van der Waals surface area (Å²) in [5.41, 5.74) is 1.62. The minimum absolute atomic E-state index is 0.124. The van der Waals surface area contributed by atoms with Crippen molar-refractivity contribution in [2.75, 3.05) is 6.54 Å². The Labute approximate surface area is 121 Å². The zero-order valence-corrected chi connectivity index (χ0v) is 11.4. The normalized spacial score (nSPS) is 24.4. The highest BCUT2D eigenvalue weighted by atomic mass is 16.4. The van der Waals surface area contributed by atoms with Gasteiger partial charge in [-0.3, -0.25) is 14.4 Å². The highest BCUT2D eigenvalue weighted by molar-refractivity contribution is 5.91. The van der Waals surface area contributed by atoms with Crippen LogP contribution in [0.2, 0.25) is 0 Å². The van der Waals surface area contributed by atoms with Gasteiger partial charge in [0.1, 0.15) is 6.04 Å². The van der Waals surface area contributed by atoms with Crippen molar-refractivity contribution in [3.05, 3.63) is 35.4 Å². The van der Waals surface area contributed by atoms with Crippen LogP contribution >= 0.6 is 0 Å². The van der Waals surface area contributed by atoms with Crippen LogP contribution in [0.5, 0.6) is 0 Å². The molecule has 1 unspecified atom stereocenters. The van der Waals surface area contributed by atoms with Gasteiger partial charge in [0.2, 0.25) is 11.8 Å². The smallest absolute Gasteiger partial charge is 0.312 e. The molecule has 2 atom stereocenters. The van der Waals surface area contributed by atoms with Crippen molar-refractivity contribution in [3.8, 4) is 0 Å². The molecule has 6 nitrogen and oxygen atoms in total. The number of hydrogen-bond donors (Lipinski definition) is 2. The van der Waals surface area contributed by atoms with E-state index in [1.54, 1.807) is 6.07 Å². The van der Waals surface area contributed by atoms with Crippen molar-refractivity contribution < 1.29 is 19.5 Å². The Balaban J connectivity index is 1.84. The molecule has 0 aromatic heterocycles. The summed E-state index contributed by atoms with van der Waals surface area (Å²) in [4.78, 5) is 36.7. The molecule has 0 aliphatic carbocycles. The van der Waals surface area contributed by atoms with Gasteiger partial charge >= 0.3 is 5.97 Å². The van der Waals surface area contributed by atoms with Crippen molar-refractivity contribution in [2.45, 2.75) is 31.3 Å². The summed E-state index contributed by atoms with van der Waals surface area (Å²) in [5.74, 6) is -1.96. The molecule has 2 N–H and O–H groups in total. The molecule has 2 aliphatic rings. The summed E-state index contributed by atoms with van der Waals surface area (Å²) >= 11 is 0. The zero-order valence-electron chi connectivity index (χ0n) is 11.4. The molecule has 2 amide bonds. The number of carbonyl (C=O) groups excluding carboxylic acids is 2. The summed E-state index contributed by atoms with van der Waals surface area (Å²) in [6, 6.07) is 6.77. The lowest BCUT2D eigenvalue weighted by molar-refractivity contribution is -0.142. The minimum Gasteiger partial charge on any atom is -0.481 e. The predicted molar refractivity (Wildman–Crippen MR) is 73.4 cm³/mol. The number of fused-ring (bicyclic) bond motifs is 1. The van der Waals surface area contributed by atoms with Crippen molar-refractivity contribution in [1.82, 2.24) is 10.2 Å². The molecule has 0 radical (unpaired) electrons. The second kappa shape index (κ2) is 5.20. The van der Waals surface area contributed by atoms with E-state index in [2.05, 4.69) is 5.32 Å². The lowest BCUT2D eigenvalue weighted by Gasteiger charge is -2.34. The molecular formula is C15H16N2O4. The van der Waals surface area contributed by atoms with Gasteiger partial charge in [-0.05, 0) is 17.5 Å². The molecule has 6 heteroatoms. The first-order valence-electron chi connectivity index (χ1n) is 6.95. The van der Waals surface area contributed by atoms with E-state index in [1.165, 1.54) is 4.90 Å². The molecule has 2 heterocycles. The summed E-state index contributed by atoms with van der Waals surface area (Å²) in [7, 11) is 0. The maximum atomic E-state index is 12.4. The number of benzene rings is 1. The van der Waals surface area contributed by atoms with Crippen LogP contribution in [-0.2, 0) is 20.9 Å². The monoisotopic (exact) mass is 288 g/mol. The van der Waals surface area contributed by atoms with Gasteiger partial charge < -0.3 is 15.3 Å². The maximum Gasteiger partial charge on any atom is 0.312 e. The third kappa shape index (κ3) is 2.49. The molecule has 0 spiro atoms. The molecule has 3 rings (SSSR count). The van der Waals surface area contributed by atoms with Crippen LogP contribution in [-0.4, -0.2) is 40.4 Å². The van der Waals surface area contributed by atoms with Gasteiger partial charge in [0.05, 0.1) is 5.92 Å². The fourth-order valence-corrected chi connectivity index (χ4v) is 3.01. The van der Waals surface area contributed by atoms with Crippen LogP contribution in [0.3, 0.4) is 0 Å². The molecule has 1 aromatic rings. The summed E-state index contributed by atoms with van der Waals surface area (Å²) < 4.78 is 0. The largest absolute Gasteiger partial charge is 0.481 e. The van der Waals surface area contributed by atoms with Crippen LogP contribution in [0.4, 0.5) is 0 Å². The Morgan fingerprint density at radius 1 is 1.29 bits per heavy atom. The Hall–Kier alpha value is -2.37. The standard InChI is InChI=1S/C15H16N2O4/c18-13-6-5-12(16-13)14(19)17-7-9-3-1-2-4-10(9)11(8-17)15(20)21/h1-4,11-12H,5-8H2,(H,16,18)(H,20,21)/t11?,12-/m1/s1. The van der Waals surface area contributed by atoms with E-state index < -0.39 is 17.9 Å². The highest BCUT2D eigenvalue weighted by Gasteiger charge is 2.36. The first kappa shape index (κ1) is 13.6. The van der Waals surface area contributed by atoms with E-state index in [4.69, 9.17) is 0 Å². The van der Waals surface area contributed by atoms with Gasteiger partial charge in [-0.15, -0.1) is 0 Å². The highest BCUT2D eigenvalue weighted by Crippen LogP contribution is 2.29. The molecule has 2 aliphatic heterocycles. The number of hydrogen-bond acceptors (Lipinski definition) is 3. The maximum absolute atomic E-state index is 12.4. The molecule has 110 valence electrons.